The van der Waals surface area contributed by atoms with Gasteiger partial charge in [0, 0.05) is 5.56 Å². The zero-order valence-corrected chi connectivity index (χ0v) is 18.8. The summed E-state index contributed by atoms with van der Waals surface area (Å²) in [7, 11) is 3.40. The summed E-state index contributed by atoms with van der Waals surface area (Å²) in [6.45, 7) is 14.0. The van der Waals surface area contributed by atoms with Gasteiger partial charge in [-0.05, 0) is 46.9 Å². The molecule has 0 bridgehead atoms. The number of hydrogen-bond donors (Lipinski definition) is 0. The van der Waals surface area contributed by atoms with E-state index in [0.29, 0.717) is 6.61 Å². The van der Waals surface area contributed by atoms with E-state index in [-0.39, 0.29) is 10.8 Å². The molecule has 28 heavy (non-hydrogen) atoms. The fourth-order valence-electron chi connectivity index (χ4n) is 3.66. The highest BCUT2D eigenvalue weighted by Crippen LogP contribution is 2.41. The summed E-state index contributed by atoms with van der Waals surface area (Å²) in [5.41, 5.74) is 3.78. The van der Waals surface area contributed by atoms with E-state index in [1.54, 1.807) is 14.2 Å². The first-order chi connectivity index (χ1) is 13.1. The van der Waals surface area contributed by atoms with Gasteiger partial charge in [0.25, 0.3) is 0 Å². The van der Waals surface area contributed by atoms with Crippen molar-refractivity contribution in [1.29, 1.82) is 0 Å². The molecule has 0 amide bonds. The molecule has 0 aliphatic rings. The molecule has 2 rings (SSSR count). The monoisotopic (exact) mass is 384 g/mol. The van der Waals surface area contributed by atoms with E-state index in [0.717, 1.165) is 30.1 Å². The second-order valence-electron chi connectivity index (χ2n) is 9.28. The van der Waals surface area contributed by atoms with Crippen LogP contribution in [-0.4, -0.2) is 20.8 Å². The van der Waals surface area contributed by atoms with Crippen molar-refractivity contribution < 1.29 is 14.2 Å². The van der Waals surface area contributed by atoms with Crippen LogP contribution in [0.2, 0.25) is 0 Å². The average molecular weight is 385 g/mol. The van der Waals surface area contributed by atoms with Crippen LogP contribution < -0.4 is 14.2 Å². The van der Waals surface area contributed by atoms with E-state index in [9.17, 15) is 0 Å². The van der Waals surface area contributed by atoms with Crippen LogP contribution in [0.1, 0.15) is 64.7 Å². The van der Waals surface area contributed by atoms with Gasteiger partial charge in [-0.3, -0.25) is 0 Å². The third-order valence-electron chi connectivity index (χ3n) is 4.92. The highest BCUT2D eigenvalue weighted by atomic mass is 16.5. The quantitative estimate of drug-likeness (QED) is 0.524. The van der Waals surface area contributed by atoms with Gasteiger partial charge in [-0.1, -0.05) is 65.8 Å². The van der Waals surface area contributed by atoms with E-state index < -0.39 is 0 Å². The molecule has 0 N–H and O–H groups in total. The topological polar surface area (TPSA) is 27.7 Å². The number of methoxy groups -OCH3 is 2. The Labute approximate surface area is 171 Å². The molecule has 0 heterocycles. The fourth-order valence-corrected chi connectivity index (χ4v) is 3.66. The molecule has 3 nitrogen and oxygen atoms in total. The maximum atomic E-state index is 6.16. The lowest BCUT2D eigenvalue weighted by Crippen LogP contribution is -2.17. The van der Waals surface area contributed by atoms with Gasteiger partial charge in [-0.15, -0.1) is 0 Å². The molecule has 0 unspecified atom stereocenters. The first-order valence-corrected chi connectivity index (χ1v) is 10.1. The van der Waals surface area contributed by atoms with Gasteiger partial charge in [0.05, 0.1) is 20.8 Å². The molecule has 3 heteroatoms. The Morgan fingerprint density at radius 2 is 1.43 bits per heavy atom. The fraction of sp³-hybridized carbons (Fsp3) is 0.520. The number of hydrogen-bond acceptors (Lipinski definition) is 3. The molecule has 2 aromatic carbocycles. The van der Waals surface area contributed by atoms with Gasteiger partial charge in [0.15, 0.2) is 11.5 Å². The summed E-state index contributed by atoms with van der Waals surface area (Å²) in [4.78, 5) is 0. The summed E-state index contributed by atoms with van der Waals surface area (Å²) in [6, 6.07) is 12.5. The summed E-state index contributed by atoms with van der Waals surface area (Å²) < 4.78 is 17.4. The summed E-state index contributed by atoms with van der Waals surface area (Å²) in [5, 5.41) is 0. The van der Waals surface area contributed by atoms with Crippen LogP contribution in [0.5, 0.6) is 17.2 Å². The molecular weight excluding hydrogens is 348 g/mol. The Bertz CT molecular complexity index is 779. The summed E-state index contributed by atoms with van der Waals surface area (Å²) >= 11 is 0. The minimum atomic E-state index is -0.0328. The van der Waals surface area contributed by atoms with E-state index in [2.05, 4.69) is 65.8 Å². The minimum absolute atomic E-state index is 0.0328. The smallest absolute Gasteiger partial charge is 0.164 e. The third-order valence-corrected chi connectivity index (χ3v) is 4.92. The predicted molar refractivity (Wildman–Crippen MR) is 117 cm³/mol. The van der Waals surface area contributed by atoms with Crippen LogP contribution in [0.25, 0.3) is 0 Å². The van der Waals surface area contributed by atoms with Crippen LogP contribution in [0.15, 0.2) is 36.4 Å². The molecule has 0 atom stereocenters. The predicted octanol–water partition coefficient (Wildman–Crippen LogP) is 6.31. The third kappa shape index (κ3) is 5.21. The van der Waals surface area contributed by atoms with E-state index >= 15 is 0 Å². The molecule has 0 fully saturated rings. The average Bonchev–Trinajstić information content (AvgIpc) is 2.63. The van der Waals surface area contributed by atoms with Crippen LogP contribution >= 0.6 is 0 Å². The van der Waals surface area contributed by atoms with Crippen molar-refractivity contribution in [3.63, 3.8) is 0 Å². The highest BCUT2D eigenvalue weighted by molar-refractivity contribution is 5.54. The molecule has 0 spiro atoms. The van der Waals surface area contributed by atoms with Crippen molar-refractivity contribution in [2.45, 2.75) is 65.2 Å². The number of para-hydroxylation sites is 1. The van der Waals surface area contributed by atoms with Crippen molar-refractivity contribution in [3.05, 3.63) is 53.1 Å². The van der Waals surface area contributed by atoms with Gasteiger partial charge >= 0.3 is 0 Å². The van der Waals surface area contributed by atoms with Crippen molar-refractivity contribution >= 4 is 0 Å². The van der Waals surface area contributed by atoms with Crippen LogP contribution in [-0.2, 0) is 17.3 Å². The number of ether oxygens (including phenoxy) is 3. The van der Waals surface area contributed by atoms with Gasteiger partial charge in [0.1, 0.15) is 5.75 Å². The van der Waals surface area contributed by atoms with E-state index in [1.165, 1.54) is 16.7 Å². The Morgan fingerprint density at radius 1 is 0.750 bits per heavy atom. The molecule has 154 valence electrons. The normalized spacial score (nSPS) is 12.0. The lowest BCUT2D eigenvalue weighted by atomic mass is 9.81. The van der Waals surface area contributed by atoms with Gasteiger partial charge in [-0.2, -0.15) is 0 Å². The molecule has 0 aromatic heterocycles. The number of aryl methyl sites for hydroxylation is 1. The first kappa shape index (κ1) is 22.1. The van der Waals surface area contributed by atoms with Gasteiger partial charge in [-0.25, -0.2) is 0 Å². The van der Waals surface area contributed by atoms with Crippen LogP contribution in [0.3, 0.4) is 0 Å². The van der Waals surface area contributed by atoms with Crippen molar-refractivity contribution in [3.8, 4) is 17.2 Å². The van der Waals surface area contributed by atoms with Crippen molar-refractivity contribution in [2.75, 3.05) is 20.8 Å². The maximum Gasteiger partial charge on any atom is 0.164 e. The Kier molecular flexibility index (Phi) is 7.03. The number of rotatable bonds is 7. The Hall–Kier alpha value is -2.16. The maximum absolute atomic E-state index is 6.16. The van der Waals surface area contributed by atoms with Gasteiger partial charge < -0.3 is 14.2 Å². The van der Waals surface area contributed by atoms with Crippen LogP contribution in [0.4, 0.5) is 0 Å². The second kappa shape index (κ2) is 8.89. The second-order valence-corrected chi connectivity index (χ2v) is 9.28. The summed E-state index contributed by atoms with van der Waals surface area (Å²) in [6.07, 6.45) is 1.88. The van der Waals surface area contributed by atoms with Gasteiger partial charge in [0.2, 0.25) is 0 Å². The molecule has 0 radical (unpaired) electrons. The van der Waals surface area contributed by atoms with E-state index in [4.69, 9.17) is 14.2 Å². The Morgan fingerprint density at radius 3 is 2.00 bits per heavy atom. The largest absolute Gasteiger partial charge is 0.493 e. The van der Waals surface area contributed by atoms with Crippen LogP contribution in [0, 0.1) is 0 Å². The molecule has 0 saturated heterocycles. The lowest BCUT2D eigenvalue weighted by molar-refractivity contribution is 0.302. The molecule has 2 aromatic rings. The first-order valence-electron chi connectivity index (χ1n) is 10.1. The molecule has 0 aliphatic carbocycles. The molecular formula is C25H36O3. The van der Waals surface area contributed by atoms with E-state index in [1.807, 2.05) is 12.1 Å². The number of benzene rings is 2. The Balaban J connectivity index is 2.14. The zero-order chi connectivity index (χ0) is 20.9. The van der Waals surface area contributed by atoms with Crippen molar-refractivity contribution in [2.24, 2.45) is 0 Å². The zero-order valence-electron chi connectivity index (χ0n) is 18.8. The minimum Gasteiger partial charge on any atom is -0.493 e. The standard InChI is InChI=1S/C25H36O3/c1-24(2,3)19-13-9-10-14-20(19)28-17-11-12-18-15-16-21(26-7)23(27-8)22(18)25(4,5)6/h9-10,13-16H,11-12,17H2,1-8H3. The SMILES string of the molecule is COc1ccc(CCCOc2ccccc2C(C)(C)C)c(C(C)(C)C)c1OC. The lowest BCUT2D eigenvalue weighted by Gasteiger charge is -2.27. The van der Waals surface area contributed by atoms with Crippen molar-refractivity contribution in [1.82, 2.24) is 0 Å². The highest BCUT2D eigenvalue weighted by Gasteiger charge is 2.25. The summed E-state index contributed by atoms with van der Waals surface area (Å²) in [5.74, 6) is 2.61. The molecule has 0 saturated carbocycles. The molecule has 0 aliphatic heterocycles.